The van der Waals surface area contributed by atoms with Gasteiger partial charge in [-0.3, -0.25) is 9.59 Å². The zero-order valence-electron chi connectivity index (χ0n) is 17.5. The molecular weight excluding hydrogens is 376 g/mol. The van der Waals surface area contributed by atoms with Crippen molar-refractivity contribution in [2.75, 3.05) is 6.61 Å². The lowest BCUT2D eigenvalue weighted by Crippen LogP contribution is -2.50. The average Bonchev–Trinajstić information content (AvgIpc) is 3.07. The third-order valence-corrected chi connectivity index (χ3v) is 7.33. The van der Waals surface area contributed by atoms with E-state index in [2.05, 4.69) is 27.0 Å². The van der Waals surface area contributed by atoms with E-state index in [1.165, 1.54) is 13.8 Å². The van der Waals surface area contributed by atoms with Crippen molar-refractivity contribution in [2.24, 2.45) is 22.7 Å². The van der Waals surface area contributed by atoms with Crippen molar-refractivity contribution >= 4 is 17.9 Å². The SMILES string of the molecule is C=C(C(=O)O[C@H]1CC[C@H](C)[C@@]2(C)C[C@@]3(C(=C)COC3=O)[C@H](OC(C)=O)[C@@H]12)[C@@H](C)O. The summed E-state index contributed by atoms with van der Waals surface area (Å²) in [6.07, 6.45) is -0.656. The van der Waals surface area contributed by atoms with E-state index < -0.39 is 53.0 Å². The van der Waals surface area contributed by atoms with Crippen molar-refractivity contribution in [1.29, 1.82) is 0 Å². The number of cyclic esters (lactones) is 1. The molecule has 0 aromatic rings. The zero-order valence-corrected chi connectivity index (χ0v) is 17.5. The maximum Gasteiger partial charge on any atom is 0.336 e. The van der Waals surface area contributed by atoms with Gasteiger partial charge in [0.25, 0.3) is 0 Å². The first-order valence-electron chi connectivity index (χ1n) is 10.1. The molecule has 0 aromatic carbocycles. The maximum atomic E-state index is 12.9. The highest BCUT2D eigenvalue weighted by Crippen LogP contribution is 2.66. The first-order chi connectivity index (χ1) is 13.4. The van der Waals surface area contributed by atoms with Gasteiger partial charge in [0.2, 0.25) is 0 Å². The second-order valence-corrected chi connectivity index (χ2v) is 9.01. The van der Waals surface area contributed by atoms with Crippen LogP contribution in [0, 0.1) is 22.7 Å². The molecule has 1 spiro atoms. The largest absolute Gasteiger partial charge is 0.461 e. The van der Waals surface area contributed by atoms with E-state index in [1.807, 2.05) is 0 Å². The van der Waals surface area contributed by atoms with E-state index in [9.17, 15) is 19.5 Å². The van der Waals surface area contributed by atoms with Crippen LogP contribution in [0.2, 0.25) is 0 Å². The highest BCUT2D eigenvalue weighted by molar-refractivity contribution is 5.89. The van der Waals surface area contributed by atoms with Crippen LogP contribution in [-0.2, 0) is 28.6 Å². The number of esters is 3. The summed E-state index contributed by atoms with van der Waals surface area (Å²) < 4.78 is 16.8. The van der Waals surface area contributed by atoms with Gasteiger partial charge in [0.15, 0.2) is 0 Å². The highest BCUT2D eigenvalue weighted by atomic mass is 16.6. The predicted molar refractivity (Wildman–Crippen MR) is 103 cm³/mol. The minimum Gasteiger partial charge on any atom is -0.461 e. The average molecular weight is 406 g/mol. The van der Waals surface area contributed by atoms with Gasteiger partial charge in [0, 0.05) is 12.8 Å². The van der Waals surface area contributed by atoms with Crippen LogP contribution in [0.3, 0.4) is 0 Å². The number of ether oxygens (including phenoxy) is 3. The van der Waals surface area contributed by atoms with E-state index in [0.717, 1.165) is 6.42 Å². The first kappa shape index (κ1) is 21.6. The molecule has 2 aliphatic carbocycles. The molecule has 1 N–H and O–H groups in total. The van der Waals surface area contributed by atoms with Crippen LogP contribution in [0.5, 0.6) is 0 Å². The van der Waals surface area contributed by atoms with Gasteiger partial charge in [-0.1, -0.05) is 27.0 Å². The number of fused-ring (bicyclic) bond motifs is 1. The van der Waals surface area contributed by atoms with Crippen molar-refractivity contribution in [3.8, 4) is 0 Å². The summed E-state index contributed by atoms with van der Waals surface area (Å²) >= 11 is 0. The molecule has 0 aromatic heterocycles. The number of carbonyl (C=O) groups excluding carboxylic acids is 3. The summed E-state index contributed by atoms with van der Waals surface area (Å²) in [7, 11) is 0. The molecule has 3 fully saturated rings. The van der Waals surface area contributed by atoms with E-state index in [4.69, 9.17) is 14.2 Å². The van der Waals surface area contributed by atoms with Crippen molar-refractivity contribution in [1.82, 2.24) is 0 Å². The van der Waals surface area contributed by atoms with Crippen LogP contribution in [0.4, 0.5) is 0 Å². The van der Waals surface area contributed by atoms with Crippen molar-refractivity contribution < 1.29 is 33.7 Å². The molecule has 7 heteroatoms. The molecular formula is C22H30O7. The normalized spacial score (nSPS) is 39.6. The van der Waals surface area contributed by atoms with Gasteiger partial charge < -0.3 is 19.3 Å². The molecule has 0 amide bonds. The van der Waals surface area contributed by atoms with Gasteiger partial charge in [-0.05, 0) is 43.1 Å². The molecule has 29 heavy (non-hydrogen) atoms. The van der Waals surface area contributed by atoms with Gasteiger partial charge in [0.05, 0.1) is 11.7 Å². The molecule has 7 nitrogen and oxygen atoms in total. The number of rotatable bonds is 4. The fraction of sp³-hybridized carbons (Fsp3) is 0.682. The van der Waals surface area contributed by atoms with Crippen LogP contribution >= 0.6 is 0 Å². The Kier molecular flexibility index (Phi) is 5.41. The zero-order chi connectivity index (χ0) is 21.7. The van der Waals surface area contributed by atoms with Crippen LogP contribution in [0.25, 0.3) is 0 Å². The smallest absolute Gasteiger partial charge is 0.336 e. The Hall–Kier alpha value is -2.15. The third-order valence-electron chi connectivity index (χ3n) is 7.33. The van der Waals surface area contributed by atoms with Crippen molar-refractivity contribution in [2.45, 2.75) is 65.3 Å². The van der Waals surface area contributed by atoms with E-state index in [1.54, 1.807) is 0 Å². The molecule has 3 aliphatic rings. The van der Waals surface area contributed by atoms with Crippen LogP contribution in [0.1, 0.15) is 47.0 Å². The minimum absolute atomic E-state index is 0.0354. The monoisotopic (exact) mass is 406 g/mol. The Morgan fingerprint density at radius 3 is 2.48 bits per heavy atom. The highest BCUT2D eigenvalue weighted by Gasteiger charge is 2.72. The maximum absolute atomic E-state index is 12.9. The number of hydrogen-bond donors (Lipinski definition) is 1. The van der Waals surface area contributed by atoms with Crippen LogP contribution in [0.15, 0.2) is 24.3 Å². The lowest BCUT2D eigenvalue weighted by Gasteiger charge is -2.46. The molecule has 2 saturated carbocycles. The Morgan fingerprint density at radius 2 is 1.97 bits per heavy atom. The Bertz CT molecular complexity index is 751. The third kappa shape index (κ3) is 3.19. The van der Waals surface area contributed by atoms with Gasteiger partial charge in [-0.15, -0.1) is 0 Å². The molecule has 0 unspecified atom stereocenters. The van der Waals surface area contributed by atoms with E-state index in [-0.39, 0.29) is 18.1 Å². The Balaban J connectivity index is 2.04. The topological polar surface area (TPSA) is 99.1 Å². The van der Waals surface area contributed by atoms with E-state index >= 15 is 0 Å². The lowest BCUT2D eigenvalue weighted by atomic mass is 9.61. The van der Waals surface area contributed by atoms with Gasteiger partial charge in [0.1, 0.15) is 24.2 Å². The molecule has 1 heterocycles. The summed E-state index contributed by atoms with van der Waals surface area (Å²) in [6.45, 7) is 14.7. The first-order valence-corrected chi connectivity index (χ1v) is 10.1. The Labute approximate surface area is 171 Å². The number of hydrogen-bond acceptors (Lipinski definition) is 7. The molecule has 0 radical (unpaired) electrons. The Morgan fingerprint density at radius 1 is 1.31 bits per heavy atom. The van der Waals surface area contributed by atoms with Gasteiger partial charge in [-0.25, -0.2) is 4.79 Å². The predicted octanol–water partition coefficient (Wildman–Crippen LogP) is 2.32. The second-order valence-electron chi connectivity index (χ2n) is 9.01. The summed E-state index contributed by atoms with van der Waals surface area (Å²) in [5, 5.41) is 9.67. The van der Waals surface area contributed by atoms with Crippen LogP contribution in [-0.4, -0.2) is 47.9 Å². The second kappa shape index (κ2) is 7.27. The molecule has 3 rings (SSSR count). The fourth-order valence-electron chi connectivity index (χ4n) is 5.46. The van der Waals surface area contributed by atoms with Crippen molar-refractivity contribution in [3.63, 3.8) is 0 Å². The molecule has 1 saturated heterocycles. The number of carbonyl (C=O) groups is 3. The molecule has 7 atom stereocenters. The van der Waals surface area contributed by atoms with Gasteiger partial charge >= 0.3 is 17.9 Å². The molecule has 1 aliphatic heterocycles. The number of aliphatic hydroxyl groups excluding tert-OH is 1. The molecule has 160 valence electrons. The standard InChI is InChI=1S/C22H30O7/c1-11-7-8-16(29-19(25)13(3)14(4)23)17-18(28-15(5)24)22(10-21(11,17)6)12(2)9-27-20(22)26/h11,14,16-18,23H,2-3,7-10H2,1,4-6H3/t11-,14+,16-,17+,18+,21+,22+/m0/s1. The quantitative estimate of drug-likeness (QED) is 0.331. The van der Waals surface area contributed by atoms with Gasteiger partial charge in [-0.2, -0.15) is 0 Å². The summed E-state index contributed by atoms with van der Waals surface area (Å²) in [4.78, 5) is 37.4. The lowest BCUT2D eigenvalue weighted by molar-refractivity contribution is -0.173. The number of aliphatic hydroxyl groups is 1. The fourth-order valence-corrected chi connectivity index (χ4v) is 5.46. The van der Waals surface area contributed by atoms with E-state index in [0.29, 0.717) is 18.4 Å². The molecule has 0 bridgehead atoms. The van der Waals surface area contributed by atoms with Crippen molar-refractivity contribution in [3.05, 3.63) is 24.3 Å². The summed E-state index contributed by atoms with van der Waals surface area (Å²) in [6, 6.07) is 0. The van der Waals surface area contributed by atoms with Crippen LogP contribution < -0.4 is 0 Å². The minimum atomic E-state index is -1.13. The summed E-state index contributed by atoms with van der Waals surface area (Å²) in [5.74, 6) is -1.82. The summed E-state index contributed by atoms with van der Waals surface area (Å²) in [5.41, 5.74) is -1.00.